The van der Waals surface area contributed by atoms with E-state index in [1.807, 2.05) is 0 Å². The predicted octanol–water partition coefficient (Wildman–Crippen LogP) is 2.14. The van der Waals surface area contributed by atoms with E-state index in [9.17, 15) is 39.6 Å². The normalized spacial score (nSPS) is 14.1. The Balaban J connectivity index is 3.44. The third-order valence-corrected chi connectivity index (χ3v) is 4.10. The number of carboxylic acid groups (broad SMARTS) is 1. The molecule has 1 unspecified atom stereocenters. The Bertz CT molecular complexity index is 760. The molecular weight excluding hydrogens is 400 g/mol. The van der Waals surface area contributed by atoms with Crippen LogP contribution in [0.2, 0.25) is 0 Å². The number of alkyl halides is 6. The van der Waals surface area contributed by atoms with E-state index in [2.05, 4.69) is 9.47 Å². The van der Waals surface area contributed by atoms with Crippen molar-refractivity contribution in [3.8, 4) is 5.75 Å². The minimum Gasteiger partial charge on any atom is -0.478 e. The number of para-hydroxylation sites is 1. The van der Waals surface area contributed by atoms with Crippen LogP contribution in [-0.4, -0.2) is 51.8 Å². The molecule has 2 N–H and O–H groups in total. The molecule has 0 aromatic heterocycles. The van der Waals surface area contributed by atoms with Crippen molar-refractivity contribution in [3.63, 3.8) is 0 Å². The lowest BCUT2D eigenvalue weighted by atomic mass is 10.2. The molecule has 0 aliphatic carbocycles. The lowest BCUT2D eigenvalue weighted by molar-refractivity contribution is -0.306. The number of carbonyl (C=O) groups is 1. The first-order valence-corrected chi connectivity index (χ1v) is 7.89. The Labute approximate surface area is 142 Å². The number of benzene rings is 1. The summed E-state index contributed by atoms with van der Waals surface area (Å²) in [7, 11) is -3.62. The van der Waals surface area contributed by atoms with Crippen LogP contribution in [0.1, 0.15) is 10.4 Å². The highest BCUT2D eigenvalue weighted by molar-refractivity contribution is 7.89. The molecule has 0 fully saturated rings. The number of aromatic carboxylic acids is 1. The maximum Gasteiger partial charge on any atom is 0.452 e. The van der Waals surface area contributed by atoms with Gasteiger partial charge in [0.15, 0.2) is 5.75 Å². The summed E-state index contributed by atoms with van der Waals surface area (Å²) in [6.07, 6.45) is -14.2. The fraction of sp³-hybridized carbons (Fsp3) is 0.417. The molecule has 1 aromatic carbocycles. The molecule has 148 valence electrons. The van der Waals surface area contributed by atoms with Crippen LogP contribution in [-0.2, 0) is 14.8 Å². The molecule has 0 spiro atoms. The molecule has 7 nitrogen and oxygen atoms in total. The monoisotopic (exact) mass is 411 g/mol. The van der Waals surface area contributed by atoms with E-state index in [0.717, 1.165) is 13.1 Å². The molecular formula is C12H11F6NO6S. The van der Waals surface area contributed by atoms with E-state index in [1.165, 1.54) is 0 Å². The number of sulfonamides is 1. The summed E-state index contributed by atoms with van der Waals surface area (Å²) in [6.45, 7) is -2.36. The average Bonchev–Trinajstić information content (AvgIpc) is 2.48. The summed E-state index contributed by atoms with van der Waals surface area (Å²) in [5, 5.41) is 9.01. The number of rotatable bonds is 7. The first-order valence-electron chi connectivity index (χ1n) is 6.40. The second-order valence-electron chi connectivity index (χ2n) is 4.56. The highest BCUT2D eigenvalue weighted by Crippen LogP contribution is 2.34. The fourth-order valence-electron chi connectivity index (χ4n) is 1.60. The maximum atomic E-state index is 12.9. The largest absolute Gasteiger partial charge is 0.478 e. The van der Waals surface area contributed by atoms with Gasteiger partial charge in [-0.1, -0.05) is 6.07 Å². The lowest BCUT2D eigenvalue weighted by Gasteiger charge is -2.24. The zero-order chi connectivity index (χ0) is 20.3. The van der Waals surface area contributed by atoms with Crippen LogP contribution in [0.5, 0.6) is 5.75 Å². The van der Waals surface area contributed by atoms with Crippen LogP contribution in [0.15, 0.2) is 23.1 Å². The summed E-state index contributed by atoms with van der Waals surface area (Å²) in [6, 6.07) is 2.33. The van der Waals surface area contributed by atoms with Gasteiger partial charge in [-0.15, -0.1) is 0 Å². The summed E-state index contributed by atoms with van der Waals surface area (Å²) in [5.74, 6) is -3.19. The van der Waals surface area contributed by atoms with Gasteiger partial charge < -0.3 is 14.6 Å². The Morgan fingerprint density at radius 2 is 1.81 bits per heavy atom. The molecule has 14 heteroatoms. The van der Waals surface area contributed by atoms with Crippen molar-refractivity contribution in [1.82, 2.24) is 4.72 Å². The molecule has 1 atom stereocenters. The predicted molar refractivity (Wildman–Crippen MR) is 72.1 cm³/mol. The number of halogens is 6. The van der Waals surface area contributed by atoms with Crippen molar-refractivity contribution in [3.05, 3.63) is 23.8 Å². The van der Waals surface area contributed by atoms with E-state index < -0.39 is 57.5 Å². The van der Waals surface area contributed by atoms with E-state index in [-0.39, 0.29) is 0 Å². The fourth-order valence-corrected chi connectivity index (χ4v) is 2.48. The van der Waals surface area contributed by atoms with Crippen molar-refractivity contribution in [2.45, 2.75) is 23.5 Å². The van der Waals surface area contributed by atoms with Crippen LogP contribution in [0, 0.1) is 0 Å². The number of ether oxygens (including phenoxy) is 2. The van der Waals surface area contributed by atoms with Crippen molar-refractivity contribution in [2.24, 2.45) is 0 Å². The van der Waals surface area contributed by atoms with E-state index in [1.54, 1.807) is 4.72 Å². The first-order chi connectivity index (χ1) is 11.7. The van der Waals surface area contributed by atoms with Crippen molar-refractivity contribution < 1.29 is 54.1 Å². The summed E-state index contributed by atoms with van der Waals surface area (Å²) >= 11 is 0. The highest BCUT2D eigenvalue weighted by Gasteiger charge is 2.46. The van der Waals surface area contributed by atoms with Gasteiger partial charge in [0, 0.05) is 0 Å². The molecule has 1 aromatic rings. The van der Waals surface area contributed by atoms with E-state index in [0.29, 0.717) is 12.1 Å². The minimum absolute atomic E-state index is 0.712. The van der Waals surface area contributed by atoms with Gasteiger partial charge in [0.1, 0.15) is 17.1 Å². The smallest absolute Gasteiger partial charge is 0.452 e. The molecule has 26 heavy (non-hydrogen) atoms. The number of nitrogens with one attached hydrogen (secondary N) is 1. The zero-order valence-electron chi connectivity index (χ0n) is 12.7. The van der Waals surface area contributed by atoms with Gasteiger partial charge in [0.05, 0.1) is 0 Å². The molecule has 0 bridgehead atoms. The number of hydrogen-bond acceptors (Lipinski definition) is 5. The van der Waals surface area contributed by atoms with Gasteiger partial charge in [-0.05, 0) is 19.2 Å². The lowest BCUT2D eigenvalue weighted by Crippen LogP contribution is -2.40. The van der Waals surface area contributed by atoms with Crippen molar-refractivity contribution in [2.75, 3.05) is 13.7 Å². The number of carboxylic acids is 1. The Hall–Kier alpha value is -2.06. The van der Waals surface area contributed by atoms with Crippen LogP contribution in [0.3, 0.4) is 0 Å². The van der Waals surface area contributed by atoms with Crippen molar-refractivity contribution in [1.29, 1.82) is 0 Å². The highest BCUT2D eigenvalue weighted by atomic mass is 32.2. The first kappa shape index (κ1) is 22.0. The van der Waals surface area contributed by atoms with Crippen LogP contribution >= 0.6 is 0 Å². The minimum atomic E-state index is -5.52. The molecule has 0 amide bonds. The van der Waals surface area contributed by atoms with Crippen LogP contribution in [0.4, 0.5) is 26.3 Å². The third-order valence-electron chi connectivity index (χ3n) is 2.66. The van der Waals surface area contributed by atoms with Crippen molar-refractivity contribution >= 4 is 16.0 Å². The molecule has 0 radical (unpaired) electrons. The Morgan fingerprint density at radius 3 is 2.23 bits per heavy atom. The number of hydrogen-bond donors (Lipinski definition) is 2. The second kappa shape index (κ2) is 7.67. The summed E-state index contributed by atoms with van der Waals surface area (Å²) in [4.78, 5) is 10.1. The second-order valence-corrected chi connectivity index (χ2v) is 6.42. The third kappa shape index (κ3) is 5.74. The van der Waals surface area contributed by atoms with Gasteiger partial charge in [0.2, 0.25) is 10.0 Å². The summed E-state index contributed by atoms with van der Waals surface area (Å²) < 4.78 is 108. The zero-order valence-corrected chi connectivity index (χ0v) is 13.5. The van der Waals surface area contributed by atoms with Gasteiger partial charge in [-0.25, -0.2) is 17.9 Å². The van der Waals surface area contributed by atoms with E-state index >= 15 is 0 Å². The van der Waals surface area contributed by atoms with Crippen LogP contribution < -0.4 is 9.46 Å². The summed E-state index contributed by atoms with van der Waals surface area (Å²) in [5.41, 5.74) is -1.02. The maximum absolute atomic E-state index is 12.9. The molecule has 0 aliphatic heterocycles. The molecule has 0 aliphatic rings. The van der Waals surface area contributed by atoms with E-state index in [4.69, 9.17) is 5.11 Å². The Morgan fingerprint density at radius 1 is 1.23 bits per heavy atom. The topological polar surface area (TPSA) is 102 Å². The van der Waals surface area contributed by atoms with Crippen LogP contribution in [0.25, 0.3) is 0 Å². The Kier molecular flexibility index (Phi) is 6.49. The average molecular weight is 411 g/mol. The molecule has 0 saturated carbocycles. The molecule has 1 rings (SSSR count). The molecule has 0 saturated heterocycles. The van der Waals surface area contributed by atoms with Gasteiger partial charge in [-0.2, -0.15) is 26.3 Å². The molecule has 0 heterocycles. The quantitative estimate of drug-likeness (QED) is 0.527. The van der Waals surface area contributed by atoms with Gasteiger partial charge in [0.25, 0.3) is 6.29 Å². The van der Waals surface area contributed by atoms with Gasteiger partial charge in [-0.3, -0.25) is 0 Å². The SMILES string of the molecule is CNS(=O)(=O)c1cccc(C(=O)O)c1OC(OCC(F)(F)F)C(F)(F)F. The standard InChI is InChI=1S/C12H11F6NO6S/c1-19-26(22,23)7-4-2-3-6(9(20)21)8(7)25-10(12(16,17)18)24-5-11(13,14)15/h2-4,10,19H,5H2,1H3,(H,20,21). The van der Waals surface area contributed by atoms with Gasteiger partial charge >= 0.3 is 18.3 Å².